The number of nitrogens with zero attached hydrogens (tertiary/aromatic N) is 2. The number of rotatable bonds is 14. The summed E-state index contributed by atoms with van der Waals surface area (Å²) in [5.41, 5.74) is 0.977. The molecule has 0 aliphatic heterocycles. The molecule has 11 nitrogen and oxygen atoms in total. The topological polar surface area (TPSA) is 146 Å². The van der Waals surface area contributed by atoms with Crippen LogP contribution in [0, 0.1) is 5.92 Å². The third kappa shape index (κ3) is 7.45. The van der Waals surface area contributed by atoms with Crippen LogP contribution >= 0.6 is 0 Å². The van der Waals surface area contributed by atoms with E-state index in [-0.39, 0.29) is 41.5 Å². The quantitative estimate of drug-likeness (QED) is 0.134. The molecule has 11 heteroatoms. The molecule has 5 N–H and O–H groups in total. The molecule has 4 saturated carbocycles. The smallest absolute Gasteiger partial charge is 0.274 e. The molecule has 2 heterocycles. The van der Waals surface area contributed by atoms with E-state index in [0.717, 1.165) is 61.8 Å². The Morgan fingerprint density at radius 3 is 2.55 bits per heavy atom. The number of aliphatic hydroxyl groups is 1. The van der Waals surface area contributed by atoms with Gasteiger partial charge in [0.15, 0.2) is 0 Å². The molecule has 7 rings (SSSR count). The van der Waals surface area contributed by atoms with Gasteiger partial charge in [0.05, 0.1) is 6.04 Å². The number of aliphatic hydroxyl groups excluding tert-OH is 1. The molecule has 2 bridgehead atoms. The predicted molar refractivity (Wildman–Crippen MR) is 181 cm³/mol. The fourth-order valence-electron chi connectivity index (χ4n) is 7.41. The zero-order chi connectivity index (χ0) is 33.0. The van der Waals surface area contributed by atoms with Crippen molar-refractivity contribution in [3.8, 4) is 0 Å². The summed E-state index contributed by atoms with van der Waals surface area (Å²) in [6.07, 6.45) is 12.6. The zero-order valence-corrected chi connectivity index (χ0v) is 27.0. The van der Waals surface area contributed by atoms with Gasteiger partial charge in [-0.15, -0.1) is 0 Å². The van der Waals surface area contributed by atoms with E-state index in [0.29, 0.717) is 25.1 Å². The van der Waals surface area contributed by atoms with Crippen LogP contribution in [-0.4, -0.2) is 55.8 Å². The van der Waals surface area contributed by atoms with Gasteiger partial charge in [0.2, 0.25) is 11.8 Å². The summed E-state index contributed by atoms with van der Waals surface area (Å²) in [4.78, 5) is 52.2. The molecule has 4 fully saturated rings. The molecule has 3 aromatic rings. The van der Waals surface area contributed by atoms with Crippen LogP contribution in [0.2, 0.25) is 0 Å². The van der Waals surface area contributed by atoms with Crippen molar-refractivity contribution in [2.75, 3.05) is 5.32 Å². The Morgan fingerprint density at radius 2 is 1.83 bits per heavy atom. The Bertz CT molecular complexity index is 1690. The fraction of sp³-hybridized carbons (Fsp3) is 0.500. The summed E-state index contributed by atoms with van der Waals surface area (Å²) in [6.45, 7) is 2.43. The Morgan fingerprint density at radius 1 is 1.06 bits per heavy atom. The number of fused-ring (bicyclic) bond motifs is 1. The van der Waals surface area contributed by atoms with E-state index in [1.54, 1.807) is 24.4 Å². The van der Waals surface area contributed by atoms with E-state index in [1.165, 1.54) is 17.1 Å². The molecular formula is C36H46N6O5. The predicted octanol–water partition coefficient (Wildman–Crippen LogP) is 3.81. The maximum Gasteiger partial charge on any atom is 0.274 e. The van der Waals surface area contributed by atoms with Gasteiger partial charge in [-0.05, 0) is 88.1 Å². The number of benzene rings is 1. The molecule has 47 heavy (non-hydrogen) atoms. The van der Waals surface area contributed by atoms with Crippen LogP contribution < -0.4 is 26.8 Å². The van der Waals surface area contributed by atoms with Gasteiger partial charge in [-0.3, -0.25) is 19.2 Å². The Labute approximate surface area is 274 Å². The molecule has 0 spiro atoms. The second kappa shape index (κ2) is 14.2. The Hall–Kier alpha value is -4.38. The van der Waals surface area contributed by atoms with Crippen LogP contribution in [0.4, 0.5) is 5.69 Å². The van der Waals surface area contributed by atoms with Crippen molar-refractivity contribution in [1.82, 2.24) is 25.1 Å². The summed E-state index contributed by atoms with van der Waals surface area (Å²) in [6, 6.07) is 12.2. The number of hydrogen-bond acceptors (Lipinski definition) is 6. The minimum atomic E-state index is -1.33. The number of carbonyl (C=O) groups excluding carboxylic acids is 3. The van der Waals surface area contributed by atoms with Gasteiger partial charge in [0, 0.05) is 35.2 Å². The maximum atomic E-state index is 13.6. The summed E-state index contributed by atoms with van der Waals surface area (Å²) < 4.78 is 3.24. The van der Waals surface area contributed by atoms with Crippen molar-refractivity contribution in [1.29, 1.82) is 0 Å². The minimum Gasteiger partial charge on any atom is -0.372 e. The van der Waals surface area contributed by atoms with Gasteiger partial charge >= 0.3 is 0 Å². The number of nitrogens with one attached hydrogen (secondary N) is 4. The molecule has 2 atom stereocenters. The standard InChI is InChI=1S/C36H46N6O5/c1-2-42-29-16-8-6-11-25(29)19-30(42)34(46)38-27(14-7-9-17-31(43)37-26-12-4-3-5-13-26)33(45)39-28-15-10-18-41(35(28)47)23-32(44)40-36-20-24(21-36)22-36/h6,8-11,15-19,24,26-27,33,39,45H,2-5,7,12-14,20-23H2,1H3,(H,37,43)(H,38,46)(H,40,44)/b17-9+/t24?,27-,33?,36?/m0/s1. The molecule has 4 aliphatic carbocycles. The number of anilines is 1. The normalized spacial score (nSPS) is 21.8. The molecule has 2 aromatic heterocycles. The number of allylic oxidation sites excluding steroid dienone is 1. The minimum absolute atomic E-state index is 0.0860. The lowest BCUT2D eigenvalue weighted by Gasteiger charge is -2.61. The van der Waals surface area contributed by atoms with Gasteiger partial charge in [0.25, 0.3) is 11.5 Å². The van der Waals surface area contributed by atoms with Gasteiger partial charge in [0.1, 0.15) is 24.2 Å². The van der Waals surface area contributed by atoms with E-state index < -0.39 is 17.8 Å². The second-order valence-electron chi connectivity index (χ2n) is 13.5. The lowest BCUT2D eigenvalue weighted by molar-refractivity contribution is -0.133. The first-order valence-corrected chi connectivity index (χ1v) is 17.0. The van der Waals surface area contributed by atoms with Crippen LogP contribution in [0.3, 0.4) is 0 Å². The molecule has 3 amide bonds. The van der Waals surface area contributed by atoms with Gasteiger partial charge < -0.3 is 35.5 Å². The maximum absolute atomic E-state index is 13.6. The van der Waals surface area contributed by atoms with Crippen molar-refractivity contribution < 1.29 is 19.5 Å². The van der Waals surface area contributed by atoms with E-state index in [2.05, 4.69) is 21.3 Å². The molecule has 0 saturated heterocycles. The Kier molecular flexibility index (Phi) is 9.81. The number of pyridine rings is 1. The number of aryl methyl sites for hydroxylation is 1. The molecular weight excluding hydrogens is 596 g/mol. The van der Waals surface area contributed by atoms with Crippen molar-refractivity contribution in [3.05, 3.63) is 76.9 Å². The molecule has 1 unspecified atom stereocenters. The average Bonchev–Trinajstić information content (AvgIpc) is 3.41. The number of amides is 3. The van der Waals surface area contributed by atoms with Crippen molar-refractivity contribution >= 4 is 34.3 Å². The third-order valence-electron chi connectivity index (χ3n) is 10.0. The number of aromatic nitrogens is 2. The van der Waals surface area contributed by atoms with Gasteiger partial charge in [-0.25, -0.2) is 0 Å². The fourth-order valence-corrected chi connectivity index (χ4v) is 7.41. The number of para-hydroxylation sites is 1. The Balaban J connectivity index is 1.14. The highest BCUT2D eigenvalue weighted by molar-refractivity contribution is 5.99. The summed E-state index contributed by atoms with van der Waals surface area (Å²) in [5, 5.41) is 24.3. The average molecular weight is 643 g/mol. The monoisotopic (exact) mass is 642 g/mol. The zero-order valence-electron chi connectivity index (χ0n) is 27.0. The van der Waals surface area contributed by atoms with Crippen LogP contribution in [-0.2, 0) is 22.7 Å². The van der Waals surface area contributed by atoms with Crippen molar-refractivity contribution in [2.45, 2.75) is 108 Å². The van der Waals surface area contributed by atoms with E-state index in [4.69, 9.17) is 0 Å². The number of carbonyl (C=O) groups is 3. The first kappa shape index (κ1) is 32.6. The second-order valence-corrected chi connectivity index (χ2v) is 13.5. The van der Waals surface area contributed by atoms with Crippen molar-refractivity contribution in [2.24, 2.45) is 5.92 Å². The van der Waals surface area contributed by atoms with E-state index >= 15 is 0 Å². The molecule has 0 radical (unpaired) electrons. The molecule has 250 valence electrons. The van der Waals surface area contributed by atoms with Gasteiger partial charge in [-0.2, -0.15) is 0 Å². The van der Waals surface area contributed by atoms with Gasteiger partial charge in [-0.1, -0.05) is 43.5 Å². The van der Waals surface area contributed by atoms with Crippen LogP contribution in [0.5, 0.6) is 0 Å². The first-order chi connectivity index (χ1) is 22.7. The lowest BCUT2D eigenvalue weighted by Crippen LogP contribution is -2.68. The van der Waals surface area contributed by atoms with Crippen LogP contribution in [0.15, 0.2) is 65.6 Å². The van der Waals surface area contributed by atoms with E-state index in [9.17, 15) is 24.3 Å². The van der Waals surface area contributed by atoms with E-state index in [1.807, 2.05) is 41.8 Å². The third-order valence-corrected chi connectivity index (χ3v) is 10.0. The highest BCUT2D eigenvalue weighted by atomic mass is 16.3. The highest BCUT2D eigenvalue weighted by Crippen LogP contribution is 2.56. The lowest BCUT2D eigenvalue weighted by atomic mass is 9.50. The summed E-state index contributed by atoms with van der Waals surface area (Å²) in [5.74, 6) is 0.00825. The largest absolute Gasteiger partial charge is 0.372 e. The van der Waals surface area contributed by atoms with Crippen LogP contribution in [0.25, 0.3) is 10.9 Å². The SMILES string of the molecule is CCn1c(C(=O)N[C@@H](CC/C=C/C(=O)NC2CCCCC2)C(O)Nc2cccn(CC(=O)NC34CC(C3)C4)c2=O)cc2ccccc21. The number of hydrogen-bond donors (Lipinski definition) is 5. The van der Waals surface area contributed by atoms with Crippen LogP contribution in [0.1, 0.15) is 81.6 Å². The first-order valence-electron chi connectivity index (χ1n) is 17.0. The summed E-state index contributed by atoms with van der Waals surface area (Å²) in [7, 11) is 0. The highest BCUT2D eigenvalue weighted by Gasteiger charge is 2.57. The summed E-state index contributed by atoms with van der Waals surface area (Å²) >= 11 is 0. The molecule has 1 aromatic carbocycles. The van der Waals surface area contributed by atoms with Crippen molar-refractivity contribution in [3.63, 3.8) is 0 Å². The molecule has 4 aliphatic rings.